The van der Waals surface area contributed by atoms with Gasteiger partial charge in [0.05, 0.1) is 16.9 Å². The van der Waals surface area contributed by atoms with Crippen molar-refractivity contribution in [1.82, 2.24) is 9.97 Å². The molecule has 0 aliphatic rings. The molecular weight excluding hydrogens is 349 g/mol. The summed E-state index contributed by atoms with van der Waals surface area (Å²) in [5.74, 6) is -0.358. The number of nitrogens with one attached hydrogen (secondary N) is 1. The Labute approximate surface area is 155 Å². The molecule has 3 nitrogen and oxygen atoms in total. The lowest BCUT2D eigenvalue weighted by atomic mass is 10.1. The summed E-state index contributed by atoms with van der Waals surface area (Å²) >= 11 is 6.06. The average Bonchev–Trinajstić information content (AvgIpc) is 2.65. The monoisotopic (exact) mass is 363 g/mol. The van der Waals surface area contributed by atoms with Gasteiger partial charge in [0, 0.05) is 34.1 Å². The minimum Gasteiger partial charge on any atom is -0.355 e. The first-order valence-corrected chi connectivity index (χ1v) is 8.52. The molecule has 0 aliphatic heterocycles. The molecule has 128 valence electrons. The van der Waals surface area contributed by atoms with E-state index in [-0.39, 0.29) is 5.82 Å². The van der Waals surface area contributed by atoms with E-state index in [1.54, 1.807) is 18.5 Å². The van der Waals surface area contributed by atoms with Crippen LogP contribution in [0.25, 0.3) is 22.2 Å². The minimum atomic E-state index is -0.358. The van der Waals surface area contributed by atoms with Gasteiger partial charge in [-0.1, -0.05) is 29.8 Å². The van der Waals surface area contributed by atoms with Crippen molar-refractivity contribution in [3.05, 3.63) is 83.4 Å². The van der Waals surface area contributed by atoms with E-state index < -0.39 is 0 Å². The lowest BCUT2D eigenvalue weighted by molar-refractivity contribution is 0.631. The number of anilines is 2. The molecule has 0 fully saturated rings. The number of para-hydroxylation sites is 1. The SMILES string of the molecule is Cc1cnccc1Nc1cc(-c2cc(Cl)ccc2F)nc2ccccc12. The second-order valence-corrected chi connectivity index (χ2v) is 6.45. The second kappa shape index (κ2) is 6.73. The summed E-state index contributed by atoms with van der Waals surface area (Å²) in [7, 11) is 0. The predicted molar refractivity (Wildman–Crippen MR) is 104 cm³/mol. The molecule has 0 bridgehead atoms. The molecule has 2 aromatic heterocycles. The van der Waals surface area contributed by atoms with Crippen molar-refractivity contribution in [3.63, 3.8) is 0 Å². The average molecular weight is 364 g/mol. The molecule has 0 unspecified atom stereocenters. The summed E-state index contributed by atoms with van der Waals surface area (Å²) in [6.07, 6.45) is 3.53. The van der Waals surface area contributed by atoms with E-state index in [1.807, 2.05) is 43.3 Å². The Morgan fingerprint density at radius 3 is 2.69 bits per heavy atom. The lowest BCUT2D eigenvalue weighted by Gasteiger charge is -2.14. The van der Waals surface area contributed by atoms with Crippen molar-refractivity contribution < 1.29 is 4.39 Å². The Kier molecular flexibility index (Phi) is 4.27. The van der Waals surface area contributed by atoms with Crippen LogP contribution in [0.3, 0.4) is 0 Å². The van der Waals surface area contributed by atoms with Gasteiger partial charge in [0.25, 0.3) is 0 Å². The van der Waals surface area contributed by atoms with Gasteiger partial charge in [-0.3, -0.25) is 4.98 Å². The maximum Gasteiger partial charge on any atom is 0.132 e. The van der Waals surface area contributed by atoms with Crippen molar-refractivity contribution >= 4 is 33.9 Å². The quantitative estimate of drug-likeness (QED) is 0.475. The summed E-state index contributed by atoms with van der Waals surface area (Å²) in [5.41, 5.74) is 4.48. The number of aryl methyl sites for hydroxylation is 1. The highest BCUT2D eigenvalue weighted by molar-refractivity contribution is 6.30. The van der Waals surface area contributed by atoms with E-state index in [0.29, 0.717) is 16.3 Å². The second-order valence-electron chi connectivity index (χ2n) is 6.01. The van der Waals surface area contributed by atoms with E-state index in [2.05, 4.69) is 15.3 Å². The van der Waals surface area contributed by atoms with Gasteiger partial charge in [-0.2, -0.15) is 0 Å². The number of aromatic nitrogens is 2. The highest BCUT2D eigenvalue weighted by Gasteiger charge is 2.12. The van der Waals surface area contributed by atoms with Crippen molar-refractivity contribution in [1.29, 1.82) is 0 Å². The molecule has 0 aliphatic carbocycles. The van der Waals surface area contributed by atoms with Gasteiger partial charge in [0.15, 0.2) is 0 Å². The highest BCUT2D eigenvalue weighted by Crippen LogP contribution is 2.33. The van der Waals surface area contributed by atoms with Crippen LogP contribution in [0, 0.1) is 12.7 Å². The molecule has 5 heteroatoms. The van der Waals surface area contributed by atoms with Gasteiger partial charge in [0.1, 0.15) is 5.82 Å². The van der Waals surface area contributed by atoms with Gasteiger partial charge in [-0.25, -0.2) is 9.37 Å². The Morgan fingerprint density at radius 1 is 1.00 bits per heavy atom. The van der Waals surface area contributed by atoms with Gasteiger partial charge >= 0.3 is 0 Å². The summed E-state index contributed by atoms with van der Waals surface area (Å²) in [5, 5.41) is 4.85. The zero-order valence-corrected chi connectivity index (χ0v) is 14.8. The standard InChI is InChI=1S/C21H15ClFN3/c1-13-12-24-9-8-18(13)25-20-11-21(16-10-14(22)6-7-17(16)23)26-19-5-3-2-4-15(19)20/h2-12H,1H3,(H,24,25,26). The molecule has 26 heavy (non-hydrogen) atoms. The molecule has 0 spiro atoms. The van der Waals surface area contributed by atoms with E-state index in [0.717, 1.165) is 27.8 Å². The number of hydrogen-bond donors (Lipinski definition) is 1. The number of halogens is 2. The fourth-order valence-corrected chi connectivity index (χ4v) is 3.04. The molecule has 4 aromatic rings. The van der Waals surface area contributed by atoms with Crippen molar-refractivity contribution in [2.24, 2.45) is 0 Å². The number of nitrogens with zero attached hydrogens (tertiary/aromatic N) is 2. The molecule has 1 N–H and O–H groups in total. The molecule has 0 radical (unpaired) electrons. The number of rotatable bonds is 3. The van der Waals surface area contributed by atoms with Crippen molar-refractivity contribution in [2.45, 2.75) is 6.92 Å². The van der Waals surface area contributed by atoms with E-state index in [4.69, 9.17) is 11.6 Å². The van der Waals surface area contributed by atoms with Gasteiger partial charge in [-0.15, -0.1) is 0 Å². The third-order valence-electron chi connectivity index (χ3n) is 4.21. The van der Waals surface area contributed by atoms with Crippen LogP contribution in [-0.4, -0.2) is 9.97 Å². The molecule has 2 aromatic carbocycles. The van der Waals surface area contributed by atoms with Crippen molar-refractivity contribution in [3.8, 4) is 11.3 Å². The molecule has 4 rings (SSSR count). The van der Waals surface area contributed by atoms with Crippen molar-refractivity contribution in [2.75, 3.05) is 5.32 Å². The smallest absolute Gasteiger partial charge is 0.132 e. The third-order valence-corrected chi connectivity index (χ3v) is 4.45. The summed E-state index contributed by atoms with van der Waals surface area (Å²) in [6, 6.07) is 16.0. The zero-order chi connectivity index (χ0) is 18.1. The topological polar surface area (TPSA) is 37.8 Å². The number of pyridine rings is 2. The van der Waals surface area contributed by atoms with E-state index in [1.165, 1.54) is 12.1 Å². The first kappa shape index (κ1) is 16.5. The maximum atomic E-state index is 14.4. The minimum absolute atomic E-state index is 0.358. The van der Waals surface area contributed by atoms with E-state index >= 15 is 0 Å². The highest BCUT2D eigenvalue weighted by atomic mass is 35.5. The van der Waals surface area contributed by atoms with Crippen LogP contribution in [-0.2, 0) is 0 Å². The molecule has 0 amide bonds. The summed E-state index contributed by atoms with van der Waals surface area (Å²) in [4.78, 5) is 8.74. The number of hydrogen-bond acceptors (Lipinski definition) is 3. The fourth-order valence-electron chi connectivity index (χ4n) is 2.87. The molecule has 0 atom stereocenters. The Bertz CT molecular complexity index is 1110. The number of fused-ring (bicyclic) bond motifs is 1. The van der Waals surface area contributed by atoms with Gasteiger partial charge in [0.2, 0.25) is 0 Å². The largest absolute Gasteiger partial charge is 0.355 e. The van der Waals surface area contributed by atoms with Gasteiger partial charge < -0.3 is 5.32 Å². The first-order chi connectivity index (χ1) is 12.6. The predicted octanol–water partition coefficient (Wildman–Crippen LogP) is 6.14. The maximum absolute atomic E-state index is 14.4. The van der Waals surface area contributed by atoms with Crippen LogP contribution in [0.5, 0.6) is 0 Å². The lowest BCUT2D eigenvalue weighted by Crippen LogP contribution is -1.98. The Balaban J connectivity index is 1.91. The Morgan fingerprint density at radius 2 is 1.85 bits per heavy atom. The molecule has 0 saturated heterocycles. The summed E-state index contributed by atoms with van der Waals surface area (Å²) < 4.78 is 14.4. The van der Waals surface area contributed by atoms with Gasteiger partial charge in [-0.05, 0) is 48.9 Å². The zero-order valence-electron chi connectivity index (χ0n) is 14.0. The summed E-state index contributed by atoms with van der Waals surface area (Å²) in [6.45, 7) is 1.98. The van der Waals surface area contributed by atoms with Crippen LogP contribution < -0.4 is 5.32 Å². The fraction of sp³-hybridized carbons (Fsp3) is 0.0476. The first-order valence-electron chi connectivity index (χ1n) is 8.14. The van der Waals surface area contributed by atoms with Crippen LogP contribution in [0.4, 0.5) is 15.8 Å². The van der Waals surface area contributed by atoms with Crippen LogP contribution in [0.1, 0.15) is 5.56 Å². The molecule has 0 saturated carbocycles. The molecule has 2 heterocycles. The normalized spacial score (nSPS) is 10.9. The van der Waals surface area contributed by atoms with Crippen LogP contribution in [0.2, 0.25) is 5.02 Å². The third kappa shape index (κ3) is 3.11. The molecular formula is C21H15ClFN3. The van der Waals surface area contributed by atoms with Crippen LogP contribution in [0.15, 0.2) is 67.0 Å². The van der Waals surface area contributed by atoms with Crippen LogP contribution >= 0.6 is 11.6 Å². The van der Waals surface area contributed by atoms with E-state index in [9.17, 15) is 4.39 Å². The number of benzene rings is 2. The Hall–Kier alpha value is -2.98.